The van der Waals surface area contributed by atoms with E-state index in [1.165, 1.54) is 24.2 Å². The minimum absolute atomic E-state index is 0.292. The van der Waals surface area contributed by atoms with E-state index in [-0.39, 0.29) is 11.9 Å². The van der Waals surface area contributed by atoms with Crippen LogP contribution in [0.2, 0.25) is 0 Å². The lowest BCUT2D eigenvalue weighted by Gasteiger charge is -2.20. The zero-order valence-corrected chi connectivity index (χ0v) is 14.5. The second-order valence-electron chi connectivity index (χ2n) is 5.71. The van der Waals surface area contributed by atoms with Gasteiger partial charge >= 0.3 is 6.09 Å². The quantitative estimate of drug-likeness (QED) is 0.741. The molecule has 0 unspecified atom stereocenters. The summed E-state index contributed by atoms with van der Waals surface area (Å²) in [4.78, 5) is 15.5. The first-order valence-corrected chi connectivity index (χ1v) is 8.39. The van der Waals surface area contributed by atoms with E-state index in [2.05, 4.69) is 11.1 Å². The number of nitrogens with zero attached hydrogens (tertiary/aromatic N) is 2. The third-order valence-electron chi connectivity index (χ3n) is 4.12. The van der Waals surface area contributed by atoms with E-state index in [4.69, 9.17) is 10.5 Å². The number of ether oxygens (including phenoxy) is 1. The van der Waals surface area contributed by atoms with Gasteiger partial charge in [0.15, 0.2) is 0 Å². The van der Waals surface area contributed by atoms with Crippen LogP contribution in [-0.4, -0.2) is 45.4 Å². The Morgan fingerprint density at radius 3 is 2.72 bits per heavy atom. The Morgan fingerprint density at radius 1 is 1.36 bits per heavy atom. The second kappa shape index (κ2) is 9.12. The molecule has 2 aliphatic rings. The monoisotopic (exact) mass is 351 g/mol. The van der Waals surface area contributed by atoms with Crippen molar-refractivity contribution in [1.29, 1.82) is 0 Å². The average Bonchev–Trinajstić information content (AvgIpc) is 3.27. The number of cyclic esters (lactones) is 1. The van der Waals surface area contributed by atoms with E-state index in [0.29, 0.717) is 24.5 Å². The van der Waals surface area contributed by atoms with Crippen LogP contribution in [0.1, 0.15) is 12.8 Å². The van der Waals surface area contributed by atoms with Gasteiger partial charge in [0, 0.05) is 25.5 Å². The van der Waals surface area contributed by atoms with Gasteiger partial charge in [0.25, 0.3) is 0 Å². The van der Waals surface area contributed by atoms with Crippen molar-refractivity contribution in [1.82, 2.24) is 5.32 Å². The highest BCUT2D eigenvalue weighted by Crippen LogP contribution is 2.29. The maximum Gasteiger partial charge on any atom is 0.414 e. The van der Waals surface area contributed by atoms with Gasteiger partial charge < -0.3 is 26.4 Å². The molecule has 2 heterocycles. The number of nitrogens with one attached hydrogen (secondary N) is 1. The number of halogens is 1. The van der Waals surface area contributed by atoms with Crippen molar-refractivity contribution in [3.8, 4) is 0 Å². The molecule has 1 aromatic rings. The van der Waals surface area contributed by atoms with E-state index in [9.17, 15) is 9.18 Å². The molecule has 1 atom stereocenters. The smallest absolute Gasteiger partial charge is 0.414 e. The molecule has 8 heteroatoms. The number of carbonyl (C=O) groups excluding carboxylic acids is 1. The standard InChI is InChI=1S/C16H21FN4O2.CH5N/c17-14-9-12(3-4-15(14)20-7-1-2-8-20)21-11-13(23-16(21)22)10-19-6-5-18;1-2/h3-6,9,13,19H,1-2,7-8,10-11,18H2;2H2,1H3/b6-5-;/t13-;/m0./s1. The number of rotatable bonds is 5. The van der Waals surface area contributed by atoms with Crippen molar-refractivity contribution in [3.63, 3.8) is 0 Å². The maximum atomic E-state index is 14.4. The SMILES string of the molecule is CN.N/C=C\NC[C@H]1CN(c2ccc(N3CCCC3)c(F)c2)C(=O)O1. The van der Waals surface area contributed by atoms with E-state index in [0.717, 1.165) is 25.9 Å². The molecule has 0 bridgehead atoms. The van der Waals surface area contributed by atoms with Crippen molar-refractivity contribution in [2.24, 2.45) is 11.5 Å². The van der Waals surface area contributed by atoms with Crippen LogP contribution in [0.3, 0.4) is 0 Å². The predicted molar refractivity (Wildman–Crippen MR) is 96.9 cm³/mol. The van der Waals surface area contributed by atoms with Gasteiger partial charge in [-0.1, -0.05) is 0 Å². The first-order chi connectivity index (χ1) is 12.2. The zero-order valence-electron chi connectivity index (χ0n) is 14.5. The molecule has 1 amide bonds. The fourth-order valence-corrected chi connectivity index (χ4v) is 2.98. The van der Waals surface area contributed by atoms with Crippen LogP contribution in [-0.2, 0) is 4.74 Å². The highest BCUT2D eigenvalue weighted by Gasteiger charge is 2.32. The highest BCUT2D eigenvalue weighted by molar-refractivity contribution is 5.90. The molecule has 25 heavy (non-hydrogen) atoms. The zero-order chi connectivity index (χ0) is 18.2. The van der Waals surface area contributed by atoms with Gasteiger partial charge in [-0.25, -0.2) is 9.18 Å². The summed E-state index contributed by atoms with van der Waals surface area (Å²) in [7, 11) is 1.50. The summed E-state index contributed by atoms with van der Waals surface area (Å²) in [5.74, 6) is -0.301. The summed E-state index contributed by atoms with van der Waals surface area (Å²) in [5.41, 5.74) is 10.9. The van der Waals surface area contributed by atoms with Gasteiger partial charge in [0.1, 0.15) is 11.9 Å². The summed E-state index contributed by atoms with van der Waals surface area (Å²) in [6.45, 7) is 2.60. The lowest BCUT2D eigenvalue weighted by Crippen LogP contribution is -2.29. The number of benzene rings is 1. The molecular formula is C17H26FN5O2. The van der Waals surface area contributed by atoms with E-state index in [1.54, 1.807) is 18.3 Å². The van der Waals surface area contributed by atoms with Crippen LogP contribution in [0.5, 0.6) is 0 Å². The molecular weight excluding hydrogens is 325 g/mol. The van der Waals surface area contributed by atoms with Gasteiger partial charge in [0.2, 0.25) is 0 Å². The van der Waals surface area contributed by atoms with Crippen LogP contribution in [0.15, 0.2) is 30.6 Å². The summed E-state index contributed by atoms with van der Waals surface area (Å²) < 4.78 is 19.6. The fourth-order valence-electron chi connectivity index (χ4n) is 2.98. The maximum absolute atomic E-state index is 14.4. The van der Waals surface area contributed by atoms with Crippen LogP contribution >= 0.6 is 0 Å². The summed E-state index contributed by atoms with van der Waals surface area (Å²) in [6, 6.07) is 4.92. The summed E-state index contributed by atoms with van der Waals surface area (Å²) in [5, 5.41) is 2.94. The van der Waals surface area contributed by atoms with Crippen LogP contribution in [0, 0.1) is 5.82 Å². The largest absolute Gasteiger partial charge is 0.442 e. The number of anilines is 2. The Balaban J connectivity index is 0.00000109. The Bertz CT molecular complexity index is 605. The topological polar surface area (TPSA) is 96.8 Å². The molecule has 0 spiro atoms. The van der Waals surface area contributed by atoms with Crippen molar-refractivity contribution in [3.05, 3.63) is 36.4 Å². The lowest BCUT2D eigenvalue weighted by atomic mass is 10.2. The summed E-state index contributed by atoms with van der Waals surface area (Å²) in [6.07, 6.45) is 4.39. The number of amides is 1. The molecule has 1 aromatic carbocycles. The minimum atomic E-state index is -0.457. The molecule has 7 nitrogen and oxygen atoms in total. The molecule has 0 saturated carbocycles. The van der Waals surface area contributed by atoms with Crippen LogP contribution < -0.4 is 26.6 Å². The molecule has 5 N–H and O–H groups in total. The normalized spacial score (nSPS) is 19.8. The minimum Gasteiger partial charge on any atom is -0.442 e. The first kappa shape index (κ1) is 18.9. The van der Waals surface area contributed by atoms with Crippen LogP contribution in [0.4, 0.5) is 20.6 Å². The van der Waals surface area contributed by atoms with Crippen molar-refractivity contribution in [2.75, 3.05) is 43.0 Å². The molecule has 0 aliphatic carbocycles. The number of hydrogen-bond acceptors (Lipinski definition) is 6. The van der Waals surface area contributed by atoms with E-state index in [1.807, 2.05) is 4.90 Å². The Morgan fingerprint density at radius 2 is 2.08 bits per heavy atom. The van der Waals surface area contributed by atoms with E-state index < -0.39 is 6.09 Å². The number of hydrogen-bond donors (Lipinski definition) is 3. The molecule has 0 radical (unpaired) electrons. The molecule has 0 aromatic heterocycles. The number of nitrogens with two attached hydrogens (primary N) is 2. The van der Waals surface area contributed by atoms with Gasteiger partial charge in [-0.15, -0.1) is 0 Å². The fraction of sp³-hybridized carbons (Fsp3) is 0.471. The number of carbonyl (C=O) groups is 1. The van der Waals surface area contributed by atoms with Gasteiger partial charge in [-0.3, -0.25) is 4.90 Å². The second-order valence-corrected chi connectivity index (χ2v) is 5.71. The molecule has 2 aliphatic heterocycles. The van der Waals surface area contributed by atoms with Crippen molar-refractivity contribution >= 4 is 17.5 Å². The lowest BCUT2D eigenvalue weighted by molar-refractivity contribution is 0.142. The molecule has 2 saturated heterocycles. The summed E-state index contributed by atoms with van der Waals surface area (Å²) >= 11 is 0. The molecule has 3 rings (SSSR count). The highest BCUT2D eigenvalue weighted by atomic mass is 19.1. The van der Waals surface area contributed by atoms with Gasteiger partial charge in [-0.2, -0.15) is 0 Å². The van der Waals surface area contributed by atoms with Crippen molar-refractivity contribution in [2.45, 2.75) is 18.9 Å². The molecule has 2 fully saturated rings. The third-order valence-corrected chi connectivity index (χ3v) is 4.12. The Kier molecular flexibility index (Phi) is 6.88. The van der Waals surface area contributed by atoms with Crippen LogP contribution in [0.25, 0.3) is 0 Å². The molecule has 138 valence electrons. The van der Waals surface area contributed by atoms with Gasteiger partial charge in [-0.05, 0) is 38.1 Å². The van der Waals surface area contributed by atoms with Crippen molar-refractivity contribution < 1.29 is 13.9 Å². The predicted octanol–water partition coefficient (Wildman–Crippen LogP) is 1.35. The van der Waals surface area contributed by atoms with Gasteiger partial charge in [0.05, 0.1) is 24.5 Å². The third kappa shape index (κ3) is 4.54. The first-order valence-electron chi connectivity index (χ1n) is 8.39. The Labute approximate surface area is 147 Å². The average molecular weight is 351 g/mol. The van der Waals surface area contributed by atoms with E-state index >= 15 is 0 Å². The Hall–Kier alpha value is -2.48.